The molecule has 0 radical (unpaired) electrons. The first-order chi connectivity index (χ1) is 7.40. The highest BCUT2D eigenvalue weighted by atomic mass is 16.5. The maximum absolute atomic E-state index is 5.96. The van der Waals surface area contributed by atoms with Crippen LogP contribution in [0.5, 0.6) is 0 Å². The second kappa shape index (κ2) is 5.83. The molecule has 0 spiro atoms. The van der Waals surface area contributed by atoms with Crippen molar-refractivity contribution in [1.82, 2.24) is 0 Å². The van der Waals surface area contributed by atoms with Crippen molar-refractivity contribution in [1.29, 1.82) is 0 Å². The summed E-state index contributed by atoms with van der Waals surface area (Å²) in [5.74, 6) is 1.43. The maximum atomic E-state index is 5.96. The van der Waals surface area contributed by atoms with Gasteiger partial charge in [0.15, 0.2) is 0 Å². The van der Waals surface area contributed by atoms with Gasteiger partial charge in [-0.2, -0.15) is 0 Å². The van der Waals surface area contributed by atoms with Gasteiger partial charge in [-0.1, -0.05) is 6.42 Å². The van der Waals surface area contributed by atoms with E-state index in [4.69, 9.17) is 15.2 Å². The monoisotopic (exact) mass is 213 g/mol. The van der Waals surface area contributed by atoms with Gasteiger partial charge in [0.1, 0.15) is 0 Å². The van der Waals surface area contributed by atoms with Crippen LogP contribution < -0.4 is 5.73 Å². The van der Waals surface area contributed by atoms with Gasteiger partial charge >= 0.3 is 0 Å². The molecule has 1 saturated heterocycles. The first kappa shape index (κ1) is 11.4. The molecule has 15 heavy (non-hydrogen) atoms. The Morgan fingerprint density at radius 2 is 1.80 bits per heavy atom. The van der Waals surface area contributed by atoms with Crippen molar-refractivity contribution in [2.24, 2.45) is 17.6 Å². The number of hydrogen-bond acceptors (Lipinski definition) is 3. The van der Waals surface area contributed by atoms with Crippen molar-refractivity contribution in [3.8, 4) is 0 Å². The van der Waals surface area contributed by atoms with Gasteiger partial charge < -0.3 is 15.2 Å². The summed E-state index contributed by atoms with van der Waals surface area (Å²) >= 11 is 0. The van der Waals surface area contributed by atoms with E-state index in [2.05, 4.69) is 0 Å². The lowest BCUT2D eigenvalue weighted by Gasteiger charge is -2.25. The van der Waals surface area contributed by atoms with E-state index in [0.717, 1.165) is 45.1 Å². The lowest BCUT2D eigenvalue weighted by atomic mass is 9.97. The zero-order valence-corrected chi connectivity index (χ0v) is 9.49. The van der Waals surface area contributed by atoms with Crippen LogP contribution in [-0.2, 0) is 9.47 Å². The second-order valence-electron chi connectivity index (χ2n) is 4.83. The summed E-state index contributed by atoms with van der Waals surface area (Å²) in [6, 6.07) is 0. The largest absolute Gasteiger partial charge is 0.381 e. The molecule has 1 heterocycles. The van der Waals surface area contributed by atoms with E-state index in [1.807, 2.05) is 0 Å². The first-order valence-corrected chi connectivity index (χ1v) is 6.29. The first-order valence-electron chi connectivity index (χ1n) is 6.29. The summed E-state index contributed by atoms with van der Waals surface area (Å²) < 4.78 is 11.3. The quantitative estimate of drug-likeness (QED) is 0.770. The molecule has 3 nitrogen and oxygen atoms in total. The standard InChI is InChI=1S/C12H23NO2/c13-8-10-2-1-3-11(10)9-15-12-4-6-14-7-5-12/h10-12H,1-9,13H2. The van der Waals surface area contributed by atoms with Crippen LogP contribution in [-0.4, -0.2) is 32.5 Å². The van der Waals surface area contributed by atoms with Crippen LogP contribution in [0.2, 0.25) is 0 Å². The van der Waals surface area contributed by atoms with E-state index in [0.29, 0.717) is 12.0 Å². The zero-order chi connectivity index (χ0) is 10.5. The Hall–Kier alpha value is -0.120. The van der Waals surface area contributed by atoms with Gasteiger partial charge in [0.05, 0.1) is 12.7 Å². The number of ether oxygens (including phenoxy) is 2. The third-order valence-corrected chi connectivity index (χ3v) is 3.83. The molecule has 2 N–H and O–H groups in total. The van der Waals surface area contributed by atoms with Crippen molar-refractivity contribution in [2.75, 3.05) is 26.4 Å². The van der Waals surface area contributed by atoms with Crippen LogP contribution in [0, 0.1) is 11.8 Å². The lowest BCUT2D eigenvalue weighted by molar-refractivity contribution is -0.0459. The molecular weight excluding hydrogens is 190 g/mol. The van der Waals surface area contributed by atoms with Gasteiger partial charge in [0, 0.05) is 13.2 Å². The summed E-state index contributed by atoms with van der Waals surface area (Å²) in [7, 11) is 0. The fourth-order valence-corrected chi connectivity index (χ4v) is 2.75. The molecule has 2 rings (SSSR count). The Morgan fingerprint density at radius 3 is 2.53 bits per heavy atom. The highest BCUT2D eigenvalue weighted by molar-refractivity contribution is 4.78. The third-order valence-electron chi connectivity index (χ3n) is 3.83. The maximum Gasteiger partial charge on any atom is 0.0619 e. The summed E-state index contributed by atoms with van der Waals surface area (Å²) in [5.41, 5.74) is 5.76. The minimum atomic E-state index is 0.442. The smallest absolute Gasteiger partial charge is 0.0619 e. The molecule has 0 amide bonds. The summed E-state index contributed by atoms with van der Waals surface area (Å²) in [4.78, 5) is 0. The van der Waals surface area contributed by atoms with Crippen LogP contribution in [0.1, 0.15) is 32.1 Å². The van der Waals surface area contributed by atoms with Crippen molar-refractivity contribution < 1.29 is 9.47 Å². The highest BCUT2D eigenvalue weighted by Gasteiger charge is 2.27. The second-order valence-corrected chi connectivity index (χ2v) is 4.83. The van der Waals surface area contributed by atoms with Crippen molar-refractivity contribution in [3.63, 3.8) is 0 Å². The summed E-state index contributed by atoms with van der Waals surface area (Å²) in [5, 5.41) is 0. The molecule has 1 aliphatic heterocycles. The Kier molecular flexibility index (Phi) is 4.42. The zero-order valence-electron chi connectivity index (χ0n) is 9.49. The van der Waals surface area contributed by atoms with E-state index in [1.165, 1.54) is 19.3 Å². The van der Waals surface area contributed by atoms with E-state index < -0.39 is 0 Å². The summed E-state index contributed by atoms with van der Waals surface area (Å²) in [6.45, 7) is 3.50. The minimum absolute atomic E-state index is 0.442. The van der Waals surface area contributed by atoms with Gasteiger partial charge in [-0.15, -0.1) is 0 Å². The third kappa shape index (κ3) is 3.16. The van der Waals surface area contributed by atoms with Gasteiger partial charge in [0.2, 0.25) is 0 Å². The molecule has 0 aromatic rings. The molecule has 2 unspecified atom stereocenters. The van der Waals surface area contributed by atoms with Crippen molar-refractivity contribution in [3.05, 3.63) is 0 Å². The fraction of sp³-hybridized carbons (Fsp3) is 1.00. The molecule has 0 aromatic carbocycles. The SMILES string of the molecule is NCC1CCCC1COC1CCOCC1. The molecule has 1 aliphatic carbocycles. The van der Waals surface area contributed by atoms with Crippen LogP contribution in [0.25, 0.3) is 0 Å². The van der Waals surface area contributed by atoms with Crippen LogP contribution in [0.15, 0.2) is 0 Å². The summed E-state index contributed by atoms with van der Waals surface area (Å²) in [6.07, 6.45) is 6.53. The molecule has 2 fully saturated rings. The van der Waals surface area contributed by atoms with Crippen LogP contribution in [0.4, 0.5) is 0 Å². The fourth-order valence-electron chi connectivity index (χ4n) is 2.75. The van der Waals surface area contributed by atoms with Crippen molar-refractivity contribution >= 4 is 0 Å². The van der Waals surface area contributed by atoms with Crippen molar-refractivity contribution in [2.45, 2.75) is 38.2 Å². The van der Waals surface area contributed by atoms with Crippen LogP contribution in [0.3, 0.4) is 0 Å². The van der Waals surface area contributed by atoms with Gasteiger partial charge in [-0.3, -0.25) is 0 Å². The molecule has 88 valence electrons. The normalized spacial score (nSPS) is 33.4. The van der Waals surface area contributed by atoms with E-state index in [1.54, 1.807) is 0 Å². The number of nitrogens with two attached hydrogens (primary N) is 1. The highest BCUT2D eigenvalue weighted by Crippen LogP contribution is 2.31. The van der Waals surface area contributed by atoms with E-state index in [9.17, 15) is 0 Å². The molecule has 1 saturated carbocycles. The molecule has 0 aromatic heterocycles. The Balaban J connectivity index is 1.67. The predicted molar refractivity (Wildman–Crippen MR) is 59.7 cm³/mol. The van der Waals surface area contributed by atoms with Gasteiger partial charge in [-0.25, -0.2) is 0 Å². The Morgan fingerprint density at radius 1 is 1.07 bits per heavy atom. The van der Waals surface area contributed by atoms with Gasteiger partial charge in [-0.05, 0) is 44.1 Å². The molecule has 3 heteroatoms. The molecule has 0 bridgehead atoms. The van der Waals surface area contributed by atoms with E-state index in [-0.39, 0.29) is 0 Å². The molecule has 2 atom stereocenters. The average molecular weight is 213 g/mol. The molecular formula is C12H23NO2. The number of rotatable bonds is 4. The van der Waals surface area contributed by atoms with Crippen LogP contribution >= 0.6 is 0 Å². The topological polar surface area (TPSA) is 44.5 Å². The molecule has 2 aliphatic rings. The van der Waals surface area contributed by atoms with Gasteiger partial charge in [0.25, 0.3) is 0 Å². The number of hydrogen-bond donors (Lipinski definition) is 1. The average Bonchev–Trinajstić information content (AvgIpc) is 2.75. The van der Waals surface area contributed by atoms with E-state index >= 15 is 0 Å². The lowest BCUT2D eigenvalue weighted by Crippen LogP contribution is -2.28. The predicted octanol–water partition coefficient (Wildman–Crippen LogP) is 1.56. The Bertz CT molecular complexity index is 180. The minimum Gasteiger partial charge on any atom is -0.381 e. The Labute approximate surface area is 92.3 Å².